The molecule has 278 valence electrons. The van der Waals surface area contributed by atoms with E-state index < -0.39 is 15.3 Å². The van der Waals surface area contributed by atoms with Crippen LogP contribution in [0.2, 0.25) is 5.02 Å². The third kappa shape index (κ3) is 7.48. The Bertz CT molecular complexity index is 1730. The van der Waals surface area contributed by atoms with E-state index in [9.17, 15) is 9.00 Å². The number of rotatable bonds is 5. The van der Waals surface area contributed by atoms with Gasteiger partial charge in [0.15, 0.2) is 0 Å². The Hall–Kier alpha value is -2.56. The van der Waals surface area contributed by atoms with Crippen molar-refractivity contribution in [3.8, 4) is 5.75 Å². The summed E-state index contributed by atoms with van der Waals surface area (Å²) < 4.78 is 36.2. The highest BCUT2D eigenvalue weighted by Crippen LogP contribution is 2.50. The molecular weight excluding hydrogens is 682 g/mol. The first-order valence-corrected chi connectivity index (χ1v) is 21.3. The molecule has 5 aliphatic rings. The SMILES string of the molecule is C=S1(=O)NC(=O)c2ccc3c(c2)N(C[C@@H]2CC[C@H]2[C@](CC)(OCCN2CCOCC2)/C=C/C[C@H](C)[C@H]1C)C[C@@]1(CCCc2cc(Cl)ccc21)CO3. The fourth-order valence-corrected chi connectivity index (χ4v) is 11.0. The predicted octanol–water partition coefficient (Wildman–Crippen LogP) is 6.68. The lowest BCUT2D eigenvalue weighted by atomic mass is 9.63. The maximum absolute atomic E-state index is 14.0. The average molecular weight is 738 g/mol. The van der Waals surface area contributed by atoms with E-state index in [1.165, 1.54) is 11.1 Å². The molecule has 7 rings (SSSR count). The highest BCUT2D eigenvalue weighted by molar-refractivity contribution is 7.99. The van der Waals surface area contributed by atoms with Gasteiger partial charge in [-0.25, -0.2) is 4.21 Å². The number of nitrogens with zero attached hydrogens (tertiary/aromatic N) is 2. The number of halogens is 1. The smallest absolute Gasteiger partial charge is 0.262 e. The summed E-state index contributed by atoms with van der Waals surface area (Å²) in [5, 5.41) is 0.444. The average Bonchev–Trinajstić information content (AvgIpc) is 3.26. The number of amides is 1. The van der Waals surface area contributed by atoms with Gasteiger partial charge in [-0.2, -0.15) is 0 Å². The lowest BCUT2D eigenvalue weighted by Crippen LogP contribution is -2.53. The van der Waals surface area contributed by atoms with E-state index in [4.69, 9.17) is 25.8 Å². The quantitative estimate of drug-likeness (QED) is 0.271. The van der Waals surface area contributed by atoms with Crippen molar-refractivity contribution in [3.05, 3.63) is 70.3 Å². The second-order valence-corrected chi connectivity index (χ2v) is 18.7. The Morgan fingerprint density at radius 2 is 1.96 bits per heavy atom. The summed E-state index contributed by atoms with van der Waals surface area (Å²) in [6.45, 7) is 13.4. The number of ether oxygens (including phenoxy) is 3. The van der Waals surface area contributed by atoms with E-state index in [-0.39, 0.29) is 22.5 Å². The van der Waals surface area contributed by atoms with Crippen LogP contribution in [0.5, 0.6) is 5.75 Å². The lowest BCUT2D eigenvalue weighted by molar-refractivity contribution is -0.107. The molecule has 2 aliphatic carbocycles. The molecule has 10 heteroatoms. The molecule has 2 bridgehead atoms. The van der Waals surface area contributed by atoms with Crippen molar-refractivity contribution in [2.45, 2.75) is 82.0 Å². The monoisotopic (exact) mass is 737 g/mol. The van der Waals surface area contributed by atoms with Crippen LogP contribution in [-0.2, 0) is 31.0 Å². The minimum Gasteiger partial charge on any atom is -0.490 e. The number of anilines is 1. The van der Waals surface area contributed by atoms with E-state index in [1.807, 2.05) is 25.1 Å². The van der Waals surface area contributed by atoms with Crippen LogP contribution in [0.25, 0.3) is 0 Å². The van der Waals surface area contributed by atoms with Crippen LogP contribution in [0.4, 0.5) is 5.69 Å². The van der Waals surface area contributed by atoms with Gasteiger partial charge in [0, 0.05) is 54.0 Å². The molecule has 2 aromatic carbocycles. The van der Waals surface area contributed by atoms with Crippen molar-refractivity contribution in [1.82, 2.24) is 9.62 Å². The summed E-state index contributed by atoms with van der Waals surface area (Å²) in [7, 11) is -2.94. The van der Waals surface area contributed by atoms with E-state index >= 15 is 0 Å². The van der Waals surface area contributed by atoms with Crippen molar-refractivity contribution < 1.29 is 23.2 Å². The fourth-order valence-electron chi connectivity index (χ4n) is 9.28. The molecule has 1 spiro atoms. The lowest BCUT2D eigenvalue weighted by Gasteiger charge is -2.51. The molecule has 51 heavy (non-hydrogen) atoms. The fraction of sp³-hybridized carbons (Fsp3) is 0.610. The van der Waals surface area contributed by atoms with Gasteiger partial charge < -0.3 is 19.1 Å². The largest absolute Gasteiger partial charge is 0.490 e. The number of fused-ring (bicyclic) bond motifs is 4. The van der Waals surface area contributed by atoms with Crippen LogP contribution >= 0.6 is 11.6 Å². The number of allylic oxidation sites excluding steroid dienone is 1. The maximum atomic E-state index is 14.0. The molecule has 2 aromatic rings. The van der Waals surface area contributed by atoms with Crippen molar-refractivity contribution in [3.63, 3.8) is 0 Å². The summed E-state index contributed by atoms with van der Waals surface area (Å²) in [4.78, 5) is 18.7. The number of hydrogen-bond donors (Lipinski definition) is 1. The Morgan fingerprint density at radius 1 is 1.14 bits per heavy atom. The molecule has 0 aromatic heterocycles. The molecule has 1 saturated heterocycles. The second-order valence-electron chi connectivity index (χ2n) is 15.8. The van der Waals surface area contributed by atoms with Crippen LogP contribution < -0.4 is 14.4 Å². The van der Waals surface area contributed by atoms with Crippen molar-refractivity contribution in [1.29, 1.82) is 0 Å². The predicted molar refractivity (Wildman–Crippen MR) is 208 cm³/mol. The normalized spacial score (nSPS) is 35.1. The molecular formula is C41H56ClN3O5S. The summed E-state index contributed by atoms with van der Waals surface area (Å²) in [6, 6.07) is 12.0. The number of aryl methyl sites for hydroxylation is 1. The minimum atomic E-state index is -2.94. The summed E-state index contributed by atoms with van der Waals surface area (Å²) >= 11 is 6.51. The van der Waals surface area contributed by atoms with Gasteiger partial charge >= 0.3 is 0 Å². The van der Waals surface area contributed by atoms with Gasteiger partial charge in [0.1, 0.15) is 5.75 Å². The zero-order valence-electron chi connectivity index (χ0n) is 30.7. The molecule has 1 amide bonds. The third-order valence-electron chi connectivity index (χ3n) is 12.8. The van der Waals surface area contributed by atoms with Crippen LogP contribution in [0.15, 0.2) is 48.6 Å². The van der Waals surface area contributed by atoms with Gasteiger partial charge in [-0.05, 0) is 117 Å². The Labute approximate surface area is 310 Å². The molecule has 1 N–H and O–H groups in total. The zero-order valence-corrected chi connectivity index (χ0v) is 32.2. The Morgan fingerprint density at radius 3 is 2.73 bits per heavy atom. The van der Waals surface area contributed by atoms with E-state index in [0.29, 0.717) is 30.6 Å². The number of nitrogens with one attached hydrogen (secondary N) is 1. The molecule has 1 unspecified atom stereocenters. The highest BCUT2D eigenvalue weighted by Gasteiger charge is 2.49. The number of hydrogen-bond acceptors (Lipinski definition) is 7. The number of carbonyl (C=O) groups excluding carboxylic acids is 1. The number of benzene rings is 2. The molecule has 8 nitrogen and oxygen atoms in total. The van der Waals surface area contributed by atoms with Gasteiger partial charge in [-0.15, -0.1) is 0 Å². The molecule has 0 radical (unpaired) electrons. The number of carbonyl (C=O) groups is 1. The first-order valence-electron chi connectivity index (χ1n) is 19.1. The Balaban J connectivity index is 1.27. The van der Waals surface area contributed by atoms with Gasteiger partial charge in [-0.1, -0.05) is 43.7 Å². The van der Waals surface area contributed by atoms with Crippen molar-refractivity contribution in [2.24, 2.45) is 17.8 Å². The molecule has 3 heterocycles. The van der Waals surface area contributed by atoms with Gasteiger partial charge in [0.2, 0.25) is 0 Å². The number of morpholine rings is 1. The third-order valence-corrected chi connectivity index (χ3v) is 15.2. The summed E-state index contributed by atoms with van der Waals surface area (Å²) in [5.74, 6) is 5.26. The molecule has 7 atom stereocenters. The first kappa shape index (κ1) is 36.8. The summed E-state index contributed by atoms with van der Waals surface area (Å²) in [6.07, 6.45) is 11.5. The second kappa shape index (κ2) is 15.1. The first-order chi connectivity index (χ1) is 24.5. The van der Waals surface area contributed by atoms with Crippen LogP contribution in [0, 0.1) is 17.8 Å². The topological polar surface area (TPSA) is 80.3 Å². The molecule has 3 aliphatic heterocycles. The van der Waals surface area contributed by atoms with E-state index in [0.717, 1.165) is 107 Å². The molecule has 1 saturated carbocycles. The van der Waals surface area contributed by atoms with Gasteiger partial charge in [0.05, 0.1) is 47.4 Å². The maximum Gasteiger partial charge on any atom is 0.262 e. The standard InChI is InChI=1S/C41H56ClN3O5S/c1-5-41(50-23-20-44-18-21-48-22-19-44)17-6-8-29(2)30(3)51(4,47)43-39(46)32-11-15-38-37(25-32)45(26-33-10-13-36(33)41)27-40(28-49-38)16-7-9-31-24-34(42)12-14-35(31)40/h6,11-12,14-15,17,24-25,29-30,33,36H,4-5,7-10,13,16,18-23,26-28H2,1-3H3,(H,43,46,47)/b17-6+/t29-,30+,33-,36+,40-,41+,51?/m0/s1. The van der Waals surface area contributed by atoms with Crippen molar-refractivity contribution in [2.75, 3.05) is 64.1 Å². The van der Waals surface area contributed by atoms with Crippen molar-refractivity contribution >= 4 is 38.8 Å². The van der Waals surface area contributed by atoms with Gasteiger partial charge in [0.25, 0.3) is 5.91 Å². The van der Waals surface area contributed by atoms with Crippen LogP contribution in [-0.4, -0.2) is 90.9 Å². The van der Waals surface area contributed by atoms with Crippen LogP contribution in [0.3, 0.4) is 0 Å². The van der Waals surface area contributed by atoms with E-state index in [1.54, 1.807) is 6.07 Å². The van der Waals surface area contributed by atoms with Crippen LogP contribution in [0.1, 0.15) is 80.8 Å². The minimum absolute atomic E-state index is 0.0416. The van der Waals surface area contributed by atoms with E-state index in [2.05, 4.69) is 58.5 Å². The highest BCUT2D eigenvalue weighted by atomic mass is 35.5. The van der Waals surface area contributed by atoms with Gasteiger partial charge in [-0.3, -0.25) is 14.4 Å². The zero-order chi connectivity index (χ0) is 35.8. The summed E-state index contributed by atoms with van der Waals surface area (Å²) in [5.41, 5.74) is 3.38. The molecule has 2 fully saturated rings. The Kier molecular flexibility index (Phi) is 10.9.